The highest BCUT2D eigenvalue weighted by Gasteiger charge is 2.15. The SMILES string of the molecule is Cc1ccc(OCCNC(=O)[C@@H](C)Oc2cc(C)c(Cl)c(C)c2)c(C)c1. The zero-order chi connectivity index (χ0) is 19.3. The van der Waals surface area contributed by atoms with E-state index < -0.39 is 6.10 Å². The molecule has 2 rings (SSSR count). The van der Waals surface area contributed by atoms with Gasteiger partial charge in [-0.3, -0.25) is 4.79 Å². The van der Waals surface area contributed by atoms with Gasteiger partial charge in [-0.1, -0.05) is 29.3 Å². The smallest absolute Gasteiger partial charge is 0.260 e. The molecule has 1 atom stereocenters. The van der Waals surface area contributed by atoms with Crippen molar-refractivity contribution in [3.05, 3.63) is 57.6 Å². The van der Waals surface area contributed by atoms with Crippen LogP contribution in [0.4, 0.5) is 0 Å². The van der Waals surface area contributed by atoms with Crippen LogP contribution in [0, 0.1) is 27.7 Å². The lowest BCUT2D eigenvalue weighted by atomic mass is 10.1. The van der Waals surface area contributed by atoms with Gasteiger partial charge in [-0.2, -0.15) is 0 Å². The predicted octanol–water partition coefficient (Wildman–Crippen LogP) is 4.54. The van der Waals surface area contributed by atoms with E-state index in [4.69, 9.17) is 21.1 Å². The van der Waals surface area contributed by atoms with Crippen molar-refractivity contribution in [2.24, 2.45) is 0 Å². The lowest BCUT2D eigenvalue weighted by Crippen LogP contribution is -2.38. The summed E-state index contributed by atoms with van der Waals surface area (Å²) in [6.45, 7) is 10.4. The van der Waals surface area contributed by atoms with Gasteiger partial charge in [0.1, 0.15) is 18.1 Å². The molecule has 0 saturated heterocycles. The van der Waals surface area contributed by atoms with E-state index in [-0.39, 0.29) is 5.91 Å². The Labute approximate surface area is 160 Å². The first kappa shape index (κ1) is 20.1. The van der Waals surface area contributed by atoms with Crippen LogP contribution in [0.5, 0.6) is 11.5 Å². The first-order valence-corrected chi connectivity index (χ1v) is 9.07. The number of carbonyl (C=O) groups excluding carboxylic acids is 1. The Kier molecular flexibility index (Phi) is 6.92. The van der Waals surface area contributed by atoms with E-state index in [0.29, 0.717) is 18.9 Å². The van der Waals surface area contributed by atoms with Gasteiger partial charge in [0.25, 0.3) is 5.91 Å². The molecule has 0 saturated carbocycles. The molecule has 0 bridgehead atoms. The van der Waals surface area contributed by atoms with Crippen LogP contribution in [0.3, 0.4) is 0 Å². The van der Waals surface area contributed by atoms with Crippen LogP contribution in [0.15, 0.2) is 30.3 Å². The van der Waals surface area contributed by atoms with Crippen LogP contribution in [0.25, 0.3) is 0 Å². The molecule has 0 fully saturated rings. The fraction of sp³-hybridized carbons (Fsp3) is 0.381. The van der Waals surface area contributed by atoms with Crippen LogP contribution >= 0.6 is 11.6 Å². The third-order valence-electron chi connectivity index (χ3n) is 4.08. The fourth-order valence-electron chi connectivity index (χ4n) is 2.67. The maximum Gasteiger partial charge on any atom is 0.260 e. The van der Waals surface area contributed by atoms with Gasteiger partial charge in [-0.15, -0.1) is 0 Å². The van der Waals surface area contributed by atoms with Crippen molar-refractivity contribution < 1.29 is 14.3 Å². The fourth-order valence-corrected chi connectivity index (χ4v) is 2.78. The zero-order valence-electron chi connectivity index (χ0n) is 16.0. The number of ether oxygens (including phenoxy) is 2. The van der Waals surface area contributed by atoms with Crippen LogP contribution in [-0.2, 0) is 4.79 Å². The molecule has 26 heavy (non-hydrogen) atoms. The molecule has 0 aromatic heterocycles. The number of halogens is 1. The van der Waals surface area contributed by atoms with Crippen molar-refractivity contribution in [2.75, 3.05) is 13.2 Å². The standard InChI is InChI=1S/C21H26ClNO3/c1-13-6-7-19(14(2)10-13)25-9-8-23-21(24)17(5)26-18-11-15(3)20(22)16(4)12-18/h6-7,10-12,17H,8-9H2,1-5H3,(H,23,24)/t17-/m1/s1. The highest BCUT2D eigenvalue weighted by atomic mass is 35.5. The Morgan fingerprint density at radius 3 is 2.35 bits per heavy atom. The van der Waals surface area contributed by atoms with E-state index in [1.807, 2.05) is 52.0 Å². The van der Waals surface area contributed by atoms with Gasteiger partial charge >= 0.3 is 0 Å². The van der Waals surface area contributed by atoms with E-state index in [9.17, 15) is 4.79 Å². The number of amides is 1. The van der Waals surface area contributed by atoms with E-state index >= 15 is 0 Å². The number of aryl methyl sites for hydroxylation is 4. The summed E-state index contributed by atoms with van der Waals surface area (Å²) >= 11 is 6.15. The first-order valence-electron chi connectivity index (χ1n) is 8.69. The lowest BCUT2D eigenvalue weighted by Gasteiger charge is -2.16. The molecule has 0 heterocycles. The Morgan fingerprint density at radius 1 is 1.08 bits per heavy atom. The summed E-state index contributed by atoms with van der Waals surface area (Å²) in [6, 6.07) is 9.70. The van der Waals surface area contributed by atoms with E-state index in [0.717, 1.165) is 27.5 Å². The van der Waals surface area contributed by atoms with E-state index in [2.05, 4.69) is 11.4 Å². The number of benzene rings is 2. The number of hydrogen-bond donors (Lipinski definition) is 1. The first-order chi connectivity index (χ1) is 12.3. The summed E-state index contributed by atoms with van der Waals surface area (Å²) in [5.41, 5.74) is 4.13. The summed E-state index contributed by atoms with van der Waals surface area (Å²) < 4.78 is 11.4. The largest absolute Gasteiger partial charge is 0.491 e. The second-order valence-corrected chi connectivity index (χ2v) is 6.92. The maximum absolute atomic E-state index is 12.2. The molecule has 0 aliphatic rings. The summed E-state index contributed by atoms with van der Waals surface area (Å²) in [5.74, 6) is 1.29. The maximum atomic E-state index is 12.2. The van der Waals surface area contributed by atoms with Gasteiger partial charge in [0.2, 0.25) is 0 Å². The number of nitrogens with one attached hydrogen (secondary N) is 1. The molecular formula is C21H26ClNO3. The van der Waals surface area contributed by atoms with Gasteiger partial charge in [0.05, 0.1) is 6.54 Å². The summed E-state index contributed by atoms with van der Waals surface area (Å²) in [7, 11) is 0. The third kappa shape index (κ3) is 5.40. The lowest BCUT2D eigenvalue weighted by molar-refractivity contribution is -0.127. The summed E-state index contributed by atoms with van der Waals surface area (Å²) in [5, 5.41) is 3.55. The summed E-state index contributed by atoms with van der Waals surface area (Å²) in [6.07, 6.45) is -0.601. The number of rotatable bonds is 7. The molecule has 4 nitrogen and oxygen atoms in total. The van der Waals surface area contributed by atoms with Crippen LogP contribution in [0.1, 0.15) is 29.2 Å². The molecule has 2 aromatic rings. The minimum atomic E-state index is -0.601. The van der Waals surface area contributed by atoms with E-state index in [1.54, 1.807) is 6.92 Å². The van der Waals surface area contributed by atoms with Crippen molar-refractivity contribution >= 4 is 17.5 Å². The van der Waals surface area contributed by atoms with Gasteiger partial charge in [0, 0.05) is 5.02 Å². The molecule has 2 aromatic carbocycles. The normalized spacial score (nSPS) is 11.8. The molecule has 140 valence electrons. The highest BCUT2D eigenvalue weighted by Crippen LogP contribution is 2.26. The second-order valence-electron chi connectivity index (χ2n) is 6.54. The quantitative estimate of drug-likeness (QED) is 0.723. The molecule has 0 radical (unpaired) electrons. The molecule has 1 N–H and O–H groups in total. The zero-order valence-corrected chi connectivity index (χ0v) is 16.7. The highest BCUT2D eigenvalue weighted by molar-refractivity contribution is 6.32. The minimum Gasteiger partial charge on any atom is -0.491 e. The third-order valence-corrected chi connectivity index (χ3v) is 4.68. The predicted molar refractivity (Wildman–Crippen MR) is 105 cm³/mol. The molecule has 1 amide bonds. The molecule has 0 unspecified atom stereocenters. The molecule has 5 heteroatoms. The van der Waals surface area contributed by atoms with Crippen molar-refractivity contribution in [3.8, 4) is 11.5 Å². The van der Waals surface area contributed by atoms with Gasteiger partial charge in [-0.25, -0.2) is 0 Å². The van der Waals surface area contributed by atoms with Crippen LogP contribution < -0.4 is 14.8 Å². The summed E-state index contributed by atoms with van der Waals surface area (Å²) in [4.78, 5) is 12.2. The van der Waals surface area contributed by atoms with Crippen molar-refractivity contribution in [3.63, 3.8) is 0 Å². The number of carbonyl (C=O) groups is 1. The van der Waals surface area contributed by atoms with Gasteiger partial charge in [-0.05, 0) is 69.5 Å². The molecule has 0 spiro atoms. The Balaban J connectivity index is 1.80. The van der Waals surface area contributed by atoms with Crippen LogP contribution in [-0.4, -0.2) is 25.2 Å². The van der Waals surface area contributed by atoms with Crippen molar-refractivity contribution in [2.45, 2.75) is 40.7 Å². The van der Waals surface area contributed by atoms with Crippen molar-refractivity contribution in [1.29, 1.82) is 0 Å². The molecule has 0 aliphatic heterocycles. The topological polar surface area (TPSA) is 47.6 Å². The monoisotopic (exact) mass is 375 g/mol. The van der Waals surface area contributed by atoms with E-state index in [1.165, 1.54) is 5.56 Å². The van der Waals surface area contributed by atoms with Crippen molar-refractivity contribution in [1.82, 2.24) is 5.32 Å². The Bertz CT molecular complexity index is 766. The number of hydrogen-bond acceptors (Lipinski definition) is 3. The second kappa shape index (κ2) is 8.95. The average molecular weight is 376 g/mol. The molecular weight excluding hydrogens is 350 g/mol. The van der Waals surface area contributed by atoms with Crippen LogP contribution in [0.2, 0.25) is 5.02 Å². The Morgan fingerprint density at radius 2 is 1.73 bits per heavy atom. The molecule has 0 aliphatic carbocycles. The average Bonchev–Trinajstić information content (AvgIpc) is 2.57. The Hall–Kier alpha value is -2.20. The minimum absolute atomic E-state index is 0.181. The van der Waals surface area contributed by atoms with Gasteiger partial charge < -0.3 is 14.8 Å². The van der Waals surface area contributed by atoms with Gasteiger partial charge in [0.15, 0.2) is 6.10 Å².